The van der Waals surface area contributed by atoms with Crippen LogP contribution in [0.1, 0.15) is 12.0 Å². The van der Waals surface area contributed by atoms with Gasteiger partial charge in [-0.2, -0.15) is 0 Å². The molecule has 0 aliphatic heterocycles. The number of carbonyl (C=O) groups excluding carboxylic acids is 2. The van der Waals surface area contributed by atoms with Crippen molar-refractivity contribution in [1.82, 2.24) is 5.32 Å². The number of carbonyl (C=O) groups is 2. The average molecular weight is 236 g/mol. The first-order valence-corrected chi connectivity index (χ1v) is 5.30. The Morgan fingerprint density at radius 1 is 1.35 bits per heavy atom. The van der Waals surface area contributed by atoms with Gasteiger partial charge in [-0.25, -0.2) is 0 Å². The molecule has 0 bridgehead atoms. The van der Waals surface area contributed by atoms with Gasteiger partial charge in [-0.05, 0) is 18.1 Å². The summed E-state index contributed by atoms with van der Waals surface area (Å²) in [6.07, 6.45) is 0.852. The van der Waals surface area contributed by atoms with Crippen LogP contribution in [-0.2, 0) is 20.7 Å². The van der Waals surface area contributed by atoms with Crippen LogP contribution in [0.25, 0.3) is 0 Å². The van der Waals surface area contributed by atoms with E-state index in [-0.39, 0.29) is 12.5 Å². The van der Waals surface area contributed by atoms with Crippen LogP contribution in [0.5, 0.6) is 0 Å². The highest BCUT2D eigenvalue weighted by atomic mass is 16.5. The number of hydrogen-bond acceptors (Lipinski definition) is 4. The van der Waals surface area contributed by atoms with Gasteiger partial charge in [0.2, 0.25) is 5.91 Å². The van der Waals surface area contributed by atoms with Crippen molar-refractivity contribution in [1.29, 1.82) is 0 Å². The van der Waals surface area contributed by atoms with Gasteiger partial charge in [-0.1, -0.05) is 18.2 Å². The molecule has 5 heteroatoms. The number of nitrogen functional groups attached to an aromatic ring is 1. The maximum atomic E-state index is 11.4. The van der Waals surface area contributed by atoms with E-state index in [1.165, 1.54) is 7.11 Å². The molecule has 1 aromatic rings. The summed E-state index contributed by atoms with van der Waals surface area (Å²) in [7, 11) is 1.28. The van der Waals surface area contributed by atoms with Crippen molar-refractivity contribution in [2.24, 2.45) is 0 Å². The van der Waals surface area contributed by atoms with Crippen LogP contribution in [0.3, 0.4) is 0 Å². The lowest BCUT2D eigenvalue weighted by atomic mass is 10.1. The van der Waals surface area contributed by atoms with Gasteiger partial charge in [0.1, 0.15) is 6.54 Å². The Kier molecular flexibility index (Phi) is 5.00. The van der Waals surface area contributed by atoms with Crippen molar-refractivity contribution in [2.75, 3.05) is 19.4 Å². The van der Waals surface area contributed by atoms with Gasteiger partial charge in [0, 0.05) is 12.1 Å². The van der Waals surface area contributed by atoms with E-state index in [0.29, 0.717) is 18.5 Å². The zero-order chi connectivity index (χ0) is 12.7. The summed E-state index contributed by atoms with van der Waals surface area (Å²) in [5.74, 6) is -0.656. The number of para-hydroxylation sites is 1. The fraction of sp³-hybridized carbons (Fsp3) is 0.333. The van der Waals surface area contributed by atoms with E-state index in [9.17, 15) is 9.59 Å². The van der Waals surface area contributed by atoms with Crippen molar-refractivity contribution in [3.05, 3.63) is 29.8 Å². The molecule has 0 fully saturated rings. The third-order valence-corrected chi connectivity index (χ3v) is 2.33. The van der Waals surface area contributed by atoms with E-state index in [1.807, 2.05) is 18.2 Å². The normalized spacial score (nSPS) is 9.71. The zero-order valence-corrected chi connectivity index (χ0v) is 9.73. The van der Waals surface area contributed by atoms with Gasteiger partial charge >= 0.3 is 5.97 Å². The number of methoxy groups -OCH3 is 1. The predicted molar refractivity (Wildman–Crippen MR) is 64.2 cm³/mol. The van der Waals surface area contributed by atoms with Crippen LogP contribution in [0.2, 0.25) is 0 Å². The molecule has 1 aromatic carbocycles. The number of benzene rings is 1. The number of amides is 1. The minimum atomic E-state index is -0.461. The molecule has 0 atom stereocenters. The molecule has 0 unspecified atom stereocenters. The molecular weight excluding hydrogens is 220 g/mol. The van der Waals surface area contributed by atoms with Crippen molar-refractivity contribution in [3.8, 4) is 0 Å². The highest BCUT2D eigenvalue weighted by molar-refractivity contribution is 5.82. The minimum Gasteiger partial charge on any atom is -0.468 e. The molecule has 0 radical (unpaired) electrons. The zero-order valence-electron chi connectivity index (χ0n) is 9.73. The number of hydrogen-bond donors (Lipinski definition) is 2. The number of nitrogens with two attached hydrogens (primary N) is 1. The fourth-order valence-electron chi connectivity index (χ4n) is 1.34. The van der Waals surface area contributed by atoms with Crippen LogP contribution in [-0.4, -0.2) is 25.5 Å². The molecule has 0 aliphatic rings. The van der Waals surface area contributed by atoms with Crippen molar-refractivity contribution >= 4 is 17.6 Å². The Bertz CT molecular complexity index is 404. The van der Waals surface area contributed by atoms with Gasteiger partial charge in [0.25, 0.3) is 0 Å². The number of rotatable bonds is 5. The number of anilines is 1. The molecular formula is C12H16N2O3. The first-order chi connectivity index (χ1) is 8.13. The SMILES string of the molecule is COC(=O)CNC(=O)CCc1ccccc1N. The van der Waals surface area contributed by atoms with E-state index < -0.39 is 5.97 Å². The van der Waals surface area contributed by atoms with Crippen LogP contribution in [0, 0.1) is 0 Å². The molecule has 17 heavy (non-hydrogen) atoms. The van der Waals surface area contributed by atoms with E-state index >= 15 is 0 Å². The smallest absolute Gasteiger partial charge is 0.325 e. The summed E-state index contributed by atoms with van der Waals surface area (Å²) in [5.41, 5.74) is 7.35. The molecule has 0 spiro atoms. The largest absolute Gasteiger partial charge is 0.468 e. The van der Waals surface area contributed by atoms with E-state index in [0.717, 1.165) is 5.56 Å². The monoisotopic (exact) mass is 236 g/mol. The summed E-state index contributed by atoms with van der Waals surface area (Å²) in [6, 6.07) is 7.39. The first-order valence-electron chi connectivity index (χ1n) is 5.30. The molecule has 1 rings (SSSR count). The van der Waals surface area contributed by atoms with Crippen molar-refractivity contribution in [2.45, 2.75) is 12.8 Å². The molecule has 0 saturated carbocycles. The van der Waals surface area contributed by atoms with Gasteiger partial charge < -0.3 is 15.8 Å². The summed E-state index contributed by atoms with van der Waals surface area (Å²) in [6.45, 7) is -0.0976. The van der Waals surface area contributed by atoms with E-state index in [4.69, 9.17) is 5.73 Å². The number of ether oxygens (including phenoxy) is 1. The Morgan fingerprint density at radius 3 is 2.71 bits per heavy atom. The van der Waals surface area contributed by atoms with Crippen LogP contribution < -0.4 is 11.1 Å². The average Bonchev–Trinajstić information content (AvgIpc) is 2.35. The third-order valence-electron chi connectivity index (χ3n) is 2.33. The lowest BCUT2D eigenvalue weighted by molar-refractivity contribution is -0.141. The second-order valence-corrected chi connectivity index (χ2v) is 3.55. The Balaban J connectivity index is 2.34. The molecule has 0 saturated heterocycles. The summed E-state index contributed by atoms with van der Waals surface area (Å²) < 4.78 is 4.41. The van der Waals surface area contributed by atoms with E-state index in [2.05, 4.69) is 10.1 Å². The number of esters is 1. The summed E-state index contributed by atoms with van der Waals surface area (Å²) >= 11 is 0. The predicted octanol–water partition coefficient (Wildman–Crippen LogP) is 0.491. The number of nitrogens with one attached hydrogen (secondary N) is 1. The van der Waals surface area contributed by atoms with Crippen molar-refractivity contribution in [3.63, 3.8) is 0 Å². The molecule has 0 heterocycles. The Morgan fingerprint density at radius 2 is 2.06 bits per heavy atom. The van der Waals surface area contributed by atoms with Crippen molar-refractivity contribution < 1.29 is 14.3 Å². The molecule has 3 N–H and O–H groups in total. The topological polar surface area (TPSA) is 81.4 Å². The van der Waals surface area contributed by atoms with Gasteiger partial charge in [0.05, 0.1) is 7.11 Å². The molecule has 0 aromatic heterocycles. The van der Waals surface area contributed by atoms with Gasteiger partial charge in [-0.3, -0.25) is 9.59 Å². The standard InChI is InChI=1S/C12H16N2O3/c1-17-12(16)8-14-11(15)7-6-9-4-2-3-5-10(9)13/h2-5H,6-8,13H2,1H3,(H,14,15). The summed E-state index contributed by atoms with van der Waals surface area (Å²) in [5, 5.41) is 2.47. The maximum absolute atomic E-state index is 11.4. The van der Waals surface area contributed by atoms with Crippen LogP contribution in [0.4, 0.5) is 5.69 Å². The molecule has 1 amide bonds. The Hall–Kier alpha value is -2.04. The second-order valence-electron chi connectivity index (χ2n) is 3.55. The fourth-order valence-corrected chi connectivity index (χ4v) is 1.34. The first kappa shape index (κ1) is 13.0. The molecule has 0 aliphatic carbocycles. The lowest BCUT2D eigenvalue weighted by Gasteiger charge is -2.06. The van der Waals surface area contributed by atoms with Gasteiger partial charge in [0.15, 0.2) is 0 Å². The summed E-state index contributed by atoms with van der Waals surface area (Å²) in [4.78, 5) is 22.2. The van der Waals surface area contributed by atoms with Crippen LogP contribution >= 0.6 is 0 Å². The lowest BCUT2D eigenvalue weighted by Crippen LogP contribution is -2.30. The van der Waals surface area contributed by atoms with Gasteiger partial charge in [-0.15, -0.1) is 0 Å². The van der Waals surface area contributed by atoms with Crippen LogP contribution in [0.15, 0.2) is 24.3 Å². The minimum absolute atomic E-state index is 0.0976. The molecule has 92 valence electrons. The Labute approximate surface area is 99.9 Å². The van der Waals surface area contributed by atoms with E-state index in [1.54, 1.807) is 6.07 Å². The third kappa shape index (κ3) is 4.55. The highest BCUT2D eigenvalue weighted by Gasteiger charge is 2.06. The second kappa shape index (κ2) is 6.52. The maximum Gasteiger partial charge on any atom is 0.325 e. The quantitative estimate of drug-likeness (QED) is 0.576. The highest BCUT2D eigenvalue weighted by Crippen LogP contribution is 2.12. The molecule has 5 nitrogen and oxygen atoms in total. The number of aryl methyl sites for hydroxylation is 1.